The van der Waals surface area contributed by atoms with E-state index in [4.69, 9.17) is 0 Å². The monoisotopic (exact) mass is 254 g/mol. The molecule has 1 aliphatic rings. The molecule has 0 amide bonds. The molecule has 2 aromatic rings. The largest absolute Gasteiger partial charge is 0.197 e. The molecule has 3 rings (SSSR count). The molecule has 0 aliphatic carbocycles. The van der Waals surface area contributed by atoms with Gasteiger partial charge in [0.2, 0.25) is 0 Å². The maximum absolute atomic E-state index is 2.59. The van der Waals surface area contributed by atoms with Gasteiger partial charge >= 0.3 is 0 Å². The van der Waals surface area contributed by atoms with Gasteiger partial charge < -0.3 is 0 Å². The van der Waals surface area contributed by atoms with Crippen LogP contribution in [0.2, 0.25) is 0 Å². The van der Waals surface area contributed by atoms with Gasteiger partial charge in [0.05, 0.1) is 5.39 Å². The molecule has 0 radical (unpaired) electrons. The second-order valence-corrected chi connectivity index (χ2v) is 6.38. The molecule has 2 atom stereocenters. The summed E-state index contributed by atoms with van der Waals surface area (Å²) in [6, 6.07) is 5.22. The third kappa shape index (κ3) is 1.57. The lowest BCUT2D eigenvalue weighted by atomic mass is 9.93. The number of hydrogen-bond acceptors (Lipinski definition) is 0. The molecule has 2 heterocycles. The van der Waals surface area contributed by atoms with Crippen molar-refractivity contribution in [3.05, 3.63) is 40.2 Å². The Kier molecular flexibility index (Phi) is 2.70. The smallest absolute Gasteiger partial charge is 0.188 e. The van der Waals surface area contributed by atoms with Crippen molar-refractivity contribution < 1.29 is 4.57 Å². The topological polar surface area (TPSA) is 3.88 Å². The van der Waals surface area contributed by atoms with Crippen molar-refractivity contribution in [3.8, 4) is 0 Å². The van der Waals surface area contributed by atoms with Gasteiger partial charge in [-0.15, -0.1) is 0 Å². The van der Waals surface area contributed by atoms with E-state index in [0.29, 0.717) is 12.0 Å². The first kappa shape index (κ1) is 12.7. The van der Waals surface area contributed by atoms with Gasteiger partial charge in [-0.05, 0) is 44.2 Å². The van der Waals surface area contributed by atoms with E-state index in [1.54, 1.807) is 5.69 Å². The van der Waals surface area contributed by atoms with E-state index in [-0.39, 0.29) is 0 Å². The first-order valence-corrected chi connectivity index (χ1v) is 7.38. The number of fused-ring (bicyclic) bond motifs is 2. The average Bonchev–Trinajstić information content (AvgIpc) is 2.65. The fourth-order valence-corrected chi connectivity index (χ4v) is 4.12. The fourth-order valence-electron chi connectivity index (χ4n) is 4.12. The molecule has 0 fully saturated rings. The summed E-state index contributed by atoms with van der Waals surface area (Å²) in [6.45, 7) is 13.8. The molecule has 0 N–H and O–H groups in total. The second kappa shape index (κ2) is 4.06. The Hall–Kier alpha value is -1.37. The molecule has 100 valence electrons. The minimum atomic E-state index is 0.632. The van der Waals surface area contributed by atoms with Gasteiger partial charge in [0.1, 0.15) is 0 Å². The number of aryl methyl sites for hydroxylation is 4. The summed E-state index contributed by atoms with van der Waals surface area (Å²) in [4.78, 5) is 0. The molecule has 1 aromatic carbocycles. The maximum Gasteiger partial charge on any atom is 0.188 e. The molecule has 19 heavy (non-hydrogen) atoms. The van der Waals surface area contributed by atoms with Crippen LogP contribution in [-0.4, -0.2) is 0 Å². The van der Waals surface area contributed by atoms with Crippen LogP contribution in [0.15, 0.2) is 12.1 Å². The number of benzene rings is 1. The van der Waals surface area contributed by atoms with Crippen LogP contribution in [0.5, 0.6) is 0 Å². The highest BCUT2D eigenvalue weighted by atomic mass is 15.0. The minimum Gasteiger partial charge on any atom is -0.197 e. The molecular formula is C18H24N+. The standard InChI is InChI=1S/C18H24N/c1-10-7-8-16-14(5)18-11(2)9-12(3)19(18)15(6)17(16)13(10)4/h7-8,11-12H,9H2,1-6H3/q+1. The maximum atomic E-state index is 2.59. The lowest BCUT2D eigenvalue weighted by Crippen LogP contribution is -2.41. The van der Waals surface area contributed by atoms with Crippen LogP contribution in [0.1, 0.15) is 60.3 Å². The van der Waals surface area contributed by atoms with Crippen LogP contribution < -0.4 is 4.57 Å². The molecule has 0 spiro atoms. The van der Waals surface area contributed by atoms with E-state index in [1.807, 2.05) is 0 Å². The van der Waals surface area contributed by atoms with Crippen LogP contribution in [0.25, 0.3) is 10.8 Å². The third-order valence-corrected chi connectivity index (χ3v) is 5.11. The highest BCUT2D eigenvalue weighted by Gasteiger charge is 2.38. The summed E-state index contributed by atoms with van der Waals surface area (Å²) in [6.07, 6.45) is 1.27. The van der Waals surface area contributed by atoms with Crippen LogP contribution in [-0.2, 0) is 0 Å². The van der Waals surface area contributed by atoms with E-state index in [1.165, 1.54) is 39.6 Å². The third-order valence-electron chi connectivity index (χ3n) is 5.11. The highest BCUT2D eigenvalue weighted by molar-refractivity contribution is 5.90. The van der Waals surface area contributed by atoms with E-state index in [2.05, 4.69) is 58.2 Å². The summed E-state index contributed by atoms with van der Waals surface area (Å²) in [5, 5.41) is 2.93. The van der Waals surface area contributed by atoms with E-state index >= 15 is 0 Å². The summed E-state index contributed by atoms with van der Waals surface area (Å²) >= 11 is 0. The van der Waals surface area contributed by atoms with Crippen molar-refractivity contribution >= 4 is 10.8 Å². The van der Waals surface area contributed by atoms with Crippen LogP contribution in [0, 0.1) is 27.7 Å². The van der Waals surface area contributed by atoms with Crippen LogP contribution in [0.4, 0.5) is 0 Å². The summed E-state index contributed by atoms with van der Waals surface area (Å²) < 4.78 is 2.59. The second-order valence-electron chi connectivity index (χ2n) is 6.38. The molecular weight excluding hydrogens is 230 g/mol. The van der Waals surface area contributed by atoms with Crippen molar-refractivity contribution in [3.63, 3.8) is 0 Å². The summed E-state index contributed by atoms with van der Waals surface area (Å²) in [5.41, 5.74) is 7.34. The van der Waals surface area contributed by atoms with E-state index in [9.17, 15) is 0 Å². The lowest BCUT2D eigenvalue weighted by Gasteiger charge is -2.14. The lowest BCUT2D eigenvalue weighted by molar-refractivity contribution is -0.717. The van der Waals surface area contributed by atoms with Gasteiger partial charge in [-0.2, -0.15) is 4.57 Å². The van der Waals surface area contributed by atoms with Gasteiger partial charge in [0.15, 0.2) is 17.4 Å². The van der Waals surface area contributed by atoms with Crippen molar-refractivity contribution in [2.45, 2.75) is 59.9 Å². The molecule has 2 unspecified atom stereocenters. The van der Waals surface area contributed by atoms with Gasteiger partial charge in [-0.3, -0.25) is 0 Å². The van der Waals surface area contributed by atoms with E-state index in [0.717, 1.165) is 0 Å². The zero-order valence-electron chi connectivity index (χ0n) is 13.0. The fraction of sp³-hybridized carbons (Fsp3) is 0.500. The predicted octanol–water partition coefficient (Wildman–Crippen LogP) is 4.43. The van der Waals surface area contributed by atoms with Crippen molar-refractivity contribution in [1.82, 2.24) is 0 Å². The van der Waals surface area contributed by atoms with Crippen molar-refractivity contribution in [1.29, 1.82) is 0 Å². The Morgan fingerprint density at radius 3 is 2.37 bits per heavy atom. The van der Waals surface area contributed by atoms with Gasteiger partial charge in [-0.25, -0.2) is 0 Å². The first-order valence-electron chi connectivity index (χ1n) is 7.38. The summed E-state index contributed by atoms with van der Waals surface area (Å²) in [7, 11) is 0. The minimum absolute atomic E-state index is 0.632. The van der Waals surface area contributed by atoms with Crippen molar-refractivity contribution in [2.24, 2.45) is 0 Å². The Balaban J connectivity index is 2.53. The first-order chi connectivity index (χ1) is 8.93. The Morgan fingerprint density at radius 1 is 1.00 bits per heavy atom. The van der Waals surface area contributed by atoms with Crippen LogP contribution >= 0.6 is 0 Å². The van der Waals surface area contributed by atoms with Crippen molar-refractivity contribution in [2.75, 3.05) is 0 Å². The zero-order chi connectivity index (χ0) is 13.9. The number of aromatic nitrogens is 1. The molecule has 1 nitrogen and oxygen atoms in total. The average molecular weight is 254 g/mol. The molecule has 1 aromatic heterocycles. The molecule has 0 saturated carbocycles. The molecule has 1 heteroatoms. The SMILES string of the molecule is Cc1ccc2c(C)c3[n+](c(C)c2c1C)C(C)CC3C. The number of nitrogens with zero attached hydrogens (tertiary/aromatic N) is 1. The Bertz CT molecular complexity index is 682. The molecule has 1 aliphatic heterocycles. The summed E-state index contributed by atoms with van der Waals surface area (Å²) in [5.74, 6) is 0.680. The number of pyridine rings is 1. The van der Waals surface area contributed by atoms with Gasteiger partial charge in [0, 0.05) is 24.8 Å². The Morgan fingerprint density at radius 2 is 1.68 bits per heavy atom. The molecule has 0 saturated heterocycles. The van der Waals surface area contributed by atoms with Gasteiger partial charge in [-0.1, -0.05) is 19.1 Å². The number of rotatable bonds is 0. The normalized spacial score (nSPS) is 22.0. The predicted molar refractivity (Wildman–Crippen MR) is 80.8 cm³/mol. The molecule has 0 bridgehead atoms. The number of hydrogen-bond donors (Lipinski definition) is 0. The van der Waals surface area contributed by atoms with E-state index < -0.39 is 0 Å². The highest BCUT2D eigenvalue weighted by Crippen LogP contribution is 2.37. The Labute approximate surface area is 116 Å². The quantitative estimate of drug-likeness (QED) is 0.612. The van der Waals surface area contributed by atoms with Crippen LogP contribution in [0.3, 0.4) is 0 Å². The zero-order valence-corrected chi connectivity index (χ0v) is 13.0. The van der Waals surface area contributed by atoms with Gasteiger partial charge in [0.25, 0.3) is 0 Å².